The second-order valence-electron chi connectivity index (χ2n) is 4.01. The Morgan fingerprint density at radius 3 is 2.95 bits per heavy atom. The average molecular weight is 282 g/mol. The highest BCUT2D eigenvalue weighted by Crippen LogP contribution is 2.31. The fourth-order valence-electron chi connectivity index (χ4n) is 1.73. The molecule has 2 heterocycles. The first kappa shape index (κ1) is 12.8. The maximum atomic E-state index is 8.92. The minimum atomic E-state index is 0.320. The molecule has 0 radical (unpaired) electrons. The molecule has 0 aliphatic heterocycles. The molecule has 3 rings (SSSR count). The number of benzene rings is 1. The Balaban J connectivity index is 1.94. The molecule has 0 saturated carbocycles. The highest BCUT2D eigenvalue weighted by Gasteiger charge is 2.09. The Bertz CT molecular complexity index is 823. The molecule has 0 fully saturated rings. The summed E-state index contributed by atoms with van der Waals surface area (Å²) in [5, 5.41) is 24.0. The van der Waals surface area contributed by atoms with Crippen molar-refractivity contribution in [1.29, 1.82) is 5.26 Å². The van der Waals surface area contributed by atoms with Gasteiger partial charge in [-0.1, -0.05) is 0 Å². The third-order valence-electron chi connectivity index (χ3n) is 2.63. The molecule has 0 aliphatic rings. The van der Waals surface area contributed by atoms with Crippen molar-refractivity contribution in [3.8, 4) is 23.4 Å². The minimum absolute atomic E-state index is 0.320. The number of fused-ring (bicyclic) bond motifs is 1. The van der Waals surface area contributed by atoms with E-state index in [4.69, 9.17) is 14.7 Å². The van der Waals surface area contributed by atoms with E-state index >= 15 is 0 Å². The third-order valence-corrected chi connectivity index (χ3v) is 2.63. The number of ether oxygens (including phenoxy) is 2. The number of tetrazole rings is 1. The van der Waals surface area contributed by atoms with Gasteiger partial charge in [0.05, 0.1) is 18.2 Å². The summed E-state index contributed by atoms with van der Waals surface area (Å²) < 4.78 is 12.4. The van der Waals surface area contributed by atoms with Gasteiger partial charge in [0.2, 0.25) is 5.88 Å². The van der Waals surface area contributed by atoms with Crippen molar-refractivity contribution in [2.24, 2.45) is 0 Å². The molecule has 0 unspecified atom stereocenters. The van der Waals surface area contributed by atoms with Crippen molar-refractivity contribution in [1.82, 2.24) is 25.3 Å². The summed E-state index contributed by atoms with van der Waals surface area (Å²) in [4.78, 5) is 0. The van der Waals surface area contributed by atoms with Crippen LogP contribution in [0.3, 0.4) is 0 Å². The summed E-state index contributed by atoms with van der Waals surface area (Å²) in [6, 6.07) is 10.3. The van der Waals surface area contributed by atoms with Crippen LogP contribution in [0.5, 0.6) is 17.4 Å². The lowest BCUT2D eigenvalue weighted by Crippen LogP contribution is -1.99. The van der Waals surface area contributed by atoms with E-state index in [9.17, 15) is 0 Å². The lowest BCUT2D eigenvalue weighted by Gasteiger charge is -2.10. The first-order chi connectivity index (χ1) is 10.3. The van der Waals surface area contributed by atoms with Crippen LogP contribution in [-0.4, -0.2) is 31.9 Å². The van der Waals surface area contributed by atoms with Crippen LogP contribution < -0.4 is 9.47 Å². The zero-order chi connectivity index (χ0) is 14.7. The van der Waals surface area contributed by atoms with Crippen LogP contribution in [0.2, 0.25) is 0 Å². The normalized spacial score (nSPS) is 10.3. The van der Waals surface area contributed by atoms with Crippen LogP contribution in [0.1, 0.15) is 12.5 Å². The third kappa shape index (κ3) is 2.57. The highest BCUT2D eigenvalue weighted by atomic mass is 16.5. The molecule has 2 aromatic heterocycles. The topological polar surface area (TPSA) is 98.2 Å². The molecule has 8 nitrogen and oxygen atoms in total. The molecule has 0 bridgehead atoms. The predicted molar refractivity (Wildman–Crippen MR) is 71.0 cm³/mol. The predicted octanol–water partition coefficient (Wildman–Crippen LogP) is 1.58. The lowest BCUT2D eigenvalue weighted by atomic mass is 10.2. The number of rotatable bonds is 4. The van der Waals surface area contributed by atoms with Gasteiger partial charge in [0.1, 0.15) is 0 Å². The molecule has 0 N–H and O–H groups in total. The van der Waals surface area contributed by atoms with E-state index < -0.39 is 0 Å². The molecule has 0 atom stereocenters. The first-order valence-corrected chi connectivity index (χ1v) is 6.20. The van der Waals surface area contributed by atoms with Gasteiger partial charge < -0.3 is 9.47 Å². The number of hydrogen-bond donors (Lipinski definition) is 0. The van der Waals surface area contributed by atoms with Gasteiger partial charge in [-0.2, -0.15) is 5.26 Å². The summed E-state index contributed by atoms with van der Waals surface area (Å²) in [5.41, 5.74) is 1.02. The fraction of sp³-hybridized carbons (Fsp3) is 0.154. The van der Waals surface area contributed by atoms with Crippen molar-refractivity contribution in [2.45, 2.75) is 6.92 Å². The van der Waals surface area contributed by atoms with E-state index in [0.717, 1.165) is 0 Å². The minimum Gasteiger partial charge on any atom is -0.490 e. The van der Waals surface area contributed by atoms with Gasteiger partial charge in [0.25, 0.3) is 0 Å². The van der Waals surface area contributed by atoms with Gasteiger partial charge in [-0.15, -0.1) is 14.8 Å². The Kier molecular flexibility index (Phi) is 3.31. The molecule has 104 valence electrons. The standard InChI is InChI=1S/C13H10N6O2/c1-2-20-11-7-9(8-14)3-4-10(11)21-13-6-5-12-15-17-18-19(12)16-13/h3-7H,2H2,1H3. The maximum absolute atomic E-state index is 8.92. The molecular formula is C13H10N6O2. The second-order valence-corrected chi connectivity index (χ2v) is 4.01. The number of hydrogen-bond acceptors (Lipinski definition) is 7. The summed E-state index contributed by atoms with van der Waals surface area (Å²) in [6.45, 7) is 2.32. The van der Waals surface area contributed by atoms with Gasteiger partial charge in [0, 0.05) is 12.1 Å². The summed E-state index contributed by atoms with van der Waals surface area (Å²) in [7, 11) is 0. The maximum Gasteiger partial charge on any atom is 0.239 e. The number of nitriles is 1. The van der Waals surface area contributed by atoms with E-state index in [1.54, 1.807) is 30.3 Å². The summed E-state index contributed by atoms with van der Waals surface area (Å²) in [6.07, 6.45) is 0. The van der Waals surface area contributed by atoms with Crippen molar-refractivity contribution >= 4 is 5.65 Å². The van der Waals surface area contributed by atoms with E-state index in [2.05, 4.69) is 26.7 Å². The molecule has 0 amide bonds. The van der Waals surface area contributed by atoms with Crippen LogP contribution in [0, 0.1) is 11.3 Å². The molecule has 0 aliphatic carbocycles. The largest absolute Gasteiger partial charge is 0.490 e. The van der Waals surface area contributed by atoms with Crippen LogP contribution >= 0.6 is 0 Å². The number of nitrogens with zero attached hydrogens (tertiary/aromatic N) is 6. The monoisotopic (exact) mass is 282 g/mol. The smallest absolute Gasteiger partial charge is 0.239 e. The SMILES string of the molecule is CCOc1cc(C#N)ccc1Oc1ccc2nnnn2n1. The molecule has 0 saturated heterocycles. The van der Waals surface area contributed by atoms with Crippen LogP contribution in [0.15, 0.2) is 30.3 Å². The van der Waals surface area contributed by atoms with Gasteiger partial charge in [-0.3, -0.25) is 0 Å². The Hall–Kier alpha value is -3.21. The Morgan fingerprint density at radius 2 is 2.14 bits per heavy atom. The van der Waals surface area contributed by atoms with Crippen molar-refractivity contribution in [3.63, 3.8) is 0 Å². The molecule has 21 heavy (non-hydrogen) atoms. The van der Waals surface area contributed by atoms with E-state index in [1.807, 2.05) is 6.92 Å². The molecule has 0 spiro atoms. The molecular weight excluding hydrogens is 272 g/mol. The van der Waals surface area contributed by atoms with Crippen LogP contribution in [0.25, 0.3) is 5.65 Å². The van der Waals surface area contributed by atoms with Gasteiger partial charge in [-0.25, -0.2) is 0 Å². The van der Waals surface area contributed by atoms with Gasteiger partial charge in [-0.05, 0) is 35.5 Å². The lowest BCUT2D eigenvalue weighted by molar-refractivity contribution is 0.318. The summed E-state index contributed by atoms with van der Waals surface area (Å²) in [5.74, 6) is 1.27. The van der Waals surface area contributed by atoms with Crippen molar-refractivity contribution in [2.75, 3.05) is 6.61 Å². The van der Waals surface area contributed by atoms with Crippen LogP contribution in [-0.2, 0) is 0 Å². The van der Waals surface area contributed by atoms with Crippen molar-refractivity contribution in [3.05, 3.63) is 35.9 Å². The Labute approximate surface area is 119 Å². The average Bonchev–Trinajstić information content (AvgIpc) is 2.97. The zero-order valence-electron chi connectivity index (χ0n) is 11.1. The van der Waals surface area contributed by atoms with Crippen LogP contribution in [0.4, 0.5) is 0 Å². The van der Waals surface area contributed by atoms with Gasteiger partial charge in [0.15, 0.2) is 17.1 Å². The molecule has 3 aromatic rings. The van der Waals surface area contributed by atoms with E-state index in [-0.39, 0.29) is 0 Å². The first-order valence-electron chi connectivity index (χ1n) is 6.20. The Morgan fingerprint density at radius 1 is 1.24 bits per heavy atom. The molecule has 8 heteroatoms. The van der Waals surface area contributed by atoms with E-state index in [1.165, 1.54) is 4.63 Å². The van der Waals surface area contributed by atoms with E-state index in [0.29, 0.717) is 35.2 Å². The zero-order valence-corrected chi connectivity index (χ0v) is 11.1. The quantitative estimate of drug-likeness (QED) is 0.716. The summed E-state index contributed by atoms with van der Waals surface area (Å²) >= 11 is 0. The molecule has 1 aromatic carbocycles. The number of aromatic nitrogens is 5. The van der Waals surface area contributed by atoms with Crippen molar-refractivity contribution < 1.29 is 9.47 Å². The van der Waals surface area contributed by atoms with Gasteiger partial charge >= 0.3 is 0 Å². The fourth-order valence-corrected chi connectivity index (χ4v) is 1.73. The second kappa shape index (κ2) is 5.42. The highest BCUT2D eigenvalue weighted by molar-refractivity contribution is 5.48.